The molecule has 1 N–H and O–H groups in total. The number of rotatable bonds is 2. The molecule has 1 heterocycles. The summed E-state index contributed by atoms with van der Waals surface area (Å²) in [5.41, 5.74) is 1.87. The third-order valence-electron chi connectivity index (χ3n) is 2.67. The molecule has 0 aliphatic carbocycles. The van der Waals surface area contributed by atoms with Gasteiger partial charge in [-0.2, -0.15) is 5.10 Å². The molecule has 0 atom stereocenters. The maximum atomic E-state index is 9.30. The van der Waals surface area contributed by atoms with Gasteiger partial charge in [-0.3, -0.25) is 0 Å². The zero-order chi connectivity index (χ0) is 12.4. The van der Waals surface area contributed by atoms with Crippen molar-refractivity contribution in [3.05, 3.63) is 60.9 Å². The van der Waals surface area contributed by atoms with Gasteiger partial charge in [-0.1, -0.05) is 30.3 Å². The predicted molar refractivity (Wildman–Crippen MR) is 68.5 cm³/mol. The zero-order valence-electron chi connectivity index (χ0n) is 9.56. The Balaban J connectivity index is 2.10. The monoisotopic (exact) mass is 237 g/mol. The van der Waals surface area contributed by atoms with Crippen LogP contribution in [-0.4, -0.2) is 19.9 Å². The first-order valence-electron chi connectivity index (χ1n) is 5.59. The number of phenolic OH excluding ortho intramolecular Hbond substituents is 1. The summed E-state index contributed by atoms with van der Waals surface area (Å²) >= 11 is 0. The van der Waals surface area contributed by atoms with Crippen LogP contribution in [0.5, 0.6) is 5.75 Å². The Kier molecular flexibility index (Phi) is 2.53. The molecule has 3 rings (SSSR count). The van der Waals surface area contributed by atoms with Crippen LogP contribution in [0.25, 0.3) is 17.1 Å². The van der Waals surface area contributed by atoms with Gasteiger partial charge in [-0.05, 0) is 24.3 Å². The highest BCUT2D eigenvalue weighted by Crippen LogP contribution is 2.20. The van der Waals surface area contributed by atoms with E-state index in [0.29, 0.717) is 0 Å². The van der Waals surface area contributed by atoms with E-state index in [1.165, 1.54) is 6.33 Å². The van der Waals surface area contributed by atoms with E-state index in [0.717, 1.165) is 17.1 Å². The molecule has 0 radical (unpaired) electrons. The van der Waals surface area contributed by atoms with E-state index in [1.807, 2.05) is 30.3 Å². The lowest BCUT2D eigenvalue weighted by atomic mass is 10.2. The third kappa shape index (κ3) is 1.84. The van der Waals surface area contributed by atoms with Gasteiger partial charge in [0.25, 0.3) is 0 Å². The molecule has 18 heavy (non-hydrogen) atoms. The van der Waals surface area contributed by atoms with Crippen molar-refractivity contribution in [1.82, 2.24) is 14.8 Å². The van der Waals surface area contributed by atoms with E-state index < -0.39 is 0 Å². The SMILES string of the molecule is Oc1ccc(-n2ncnc2-c2ccccc2)cc1. The van der Waals surface area contributed by atoms with Crippen molar-refractivity contribution in [2.24, 2.45) is 0 Å². The van der Waals surface area contributed by atoms with Gasteiger partial charge >= 0.3 is 0 Å². The molecule has 3 aromatic rings. The lowest BCUT2D eigenvalue weighted by molar-refractivity contribution is 0.475. The molecule has 4 nitrogen and oxygen atoms in total. The highest BCUT2D eigenvalue weighted by molar-refractivity contribution is 5.57. The number of hydrogen-bond acceptors (Lipinski definition) is 3. The Morgan fingerprint density at radius 2 is 1.61 bits per heavy atom. The molecule has 0 spiro atoms. The normalized spacial score (nSPS) is 10.4. The van der Waals surface area contributed by atoms with Gasteiger partial charge in [0.05, 0.1) is 5.69 Å². The van der Waals surface area contributed by atoms with Gasteiger partial charge in [0.1, 0.15) is 12.1 Å². The number of hydrogen-bond donors (Lipinski definition) is 1. The van der Waals surface area contributed by atoms with Crippen LogP contribution >= 0.6 is 0 Å². The van der Waals surface area contributed by atoms with Gasteiger partial charge in [0, 0.05) is 5.56 Å². The number of phenols is 1. The van der Waals surface area contributed by atoms with Crippen LogP contribution in [0.3, 0.4) is 0 Å². The second kappa shape index (κ2) is 4.33. The maximum Gasteiger partial charge on any atom is 0.163 e. The molecule has 0 amide bonds. The second-order valence-electron chi connectivity index (χ2n) is 3.88. The number of nitrogens with zero attached hydrogens (tertiary/aromatic N) is 3. The Morgan fingerprint density at radius 3 is 2.33 bits per heavy atom. The van der Waals surface area contributed by atoms with Crippen LogP contribution in [-0.2, 0) is 0 Å². The largest absolute Gasteiger partial charge is 0.508 e. The summed E-state index contributed by atoms with van der Waals surface area (Å²) in [7, 11) is 0. The first-order valence-corrected chi connectivity index (χ1v) is 5.59. The summed E-state index contributed by atoms with van der Waals surface area (Å²) in [5.74, 6) is 1.02. The van der Waals surface area contributed by atoms with Gasteiger partial charge < -0.3 is 5.11 Å². The summed E-state index contributed by atoms with van der Waals surface area (Å²) in [6, 6.07) is 16.7. The van der Waals surface area contributed by atoms with Crippen molar-refractivity contribution in [1.29, 1.82) is 0 Å². The van der Waals surface area contributed by atoms with Crippen molar-refractivity contribution in [2.45, 2.75) is 0 Å². The summed E-state index contributed by atoms with van der Waals surface area (Å²) < 4.78 is 1.74. The Hall–Kier alpha value is -2.62. The van der Waals surface area contributed by atoms with E-state index in [2.05, 4.69) is 10.1 Å². The molecule has 1 aromatic heterocycles. The minimum Gasteiger partial charge on any atom is -0.508 e. The van der Waals surface area contributed by atoms with Crippen molar-refractivity contribution in [2.75, 3.05) is 0 Å². The van der Waals surface area contributed by atoms with E-state index in [1.54, 1.807) is 28.9 Å². The topological polar surface area (TPSA) is 50.9 Å². The van der Waals surface area contributed by atoms with Crippen LogP contribution < -0.4 is 0 Å². The average molecular weight is 237 g/mol. The molecule has 0 saturated carbocycles. The molecular formula is C14H11N3O. The van der Waals surface area contributed by atoms with Crippen molar-refractivity contribution in [3.63, 3.8) is 0 Å². The van der Waals surface area contributed by atoms with Crippen LogP contribution in [0.15, 0.2) is 60.9 Å². The molecule has 0 fully saturated rings. The summed E-state index contributed by atoms with van der Waals surface area (Å²) in [4.78, 5) is 4.27. The minimum atomic E-state index is 0.236. The lowest BCUT2D eigenvalue weighted by Crippen LogP contribution is -1.98. The minimum absolute atomic E-state index is 0.236. The lowest BCUT2D eigenvalue weighted by Gasteiger charge is -2.05. The van der Waals surface area contributed by atoms with E-state index >= 15 is 0 Å². The highest BCUT2D eigenvalue weighted by Gasteiger charge is 2.08. The van der Waals surface area contributed by atoms with E-state index in [4.69, 9.17) is 0 Å². The maximum absolute atomic E-state index is 9.30. The number of aromatic hydroxyl groups is 1. The second-order valence-corrected chi connectivity index (χ2v) is 3.88. The summed E-state index contributed by atoms with van der Waals surface area (Å²) in [6.45, 7) is 0. The number of aromatic nitrogens is 3. The molecular weight excluding hydrogens is 226 g/mol. The van der Waals surface area contributed by atoms with Gasteiger partial charge in [0.2, 0.25) is 0 Å². The van der Waals surface area contributed by atoms with Crippen LogP contribution in [0, 0.1) is 0 Å². The Morgan fingerprint density at radius 1 is 0.889 bits per heavy atom. The quantitative estimate of drug-likeness (QED) is 0.745. The number of benzene rings is 2. The fourth-order valence-electron chi connectivity index (χ4n) is 1.81. The van der Waals surface area contributed by atoms with Crippen molar-refractivity contribution in [3.8, 4) is 22.8 Å². The Bertz CT molecular complexity index is 644. The van der Waals surface area contributed by atoms with Gasteiger partial charge in [-0.25, -0.2) is 9.67 Å². The molecule has 2 aromatic carbocycles. The van der Waals surface area contributed by atoms with E-state index in [9.17, 15) is 5.11 Å². The standard InChI is InChI=1S/C14H11N3O/c18-13-8-6-12(7-9-13)17-14(15-10-16-17)11-4-2-1-3-5-11/h1-10,18H. The summed E-state index contributed by atoms with van der Waals surface area (Å²) in [6.07, 6.45) is 1.52. The third-order valence-corrected chi connectivity index (χ3v) is 2.67. The van der Waals surface area contributed by atoms with Gasteiger partial charge in [-0.15, -0.1) is 0 Å². The fourth-order valence-corrected chi connectivity index (χ4v) is 1.81. The molecule has 4 heteroatoms. The molecule has 0 aliphatic rings. The molecule has 0 aliphatic heterocycles. The molecule has 0 saturated heterocycles. The van der Waals surface area contributed by atoms with Crippen molar-refractivity contribution < 1.29 is 5.11 Å². The predicted octanol–water partition coefficient (Wildman–Crippen LogP) is 2.64. The smallest absolute Gasteiger partial charge is 0.163 e. The van der Waals surface area contributed by atoms with Crippen LogP contribution in [0.2, 0.25) is 0 Å². The molecule has 0 unspecified atom stereocenters. The fraction of sp³-hybridized carbons (Fsp3) is 0. The Labute approximate surface area is 104 Å². The zero-order valence-corrected chi connectivity index (χ0v) is 9.56. The first kappa shape index (κ1) is 10.5. The summed E-state index contributed by atoms with van der Waals surface area (Å²) in [5, 5.41) is 13.5. The van der Waals surface area contributed by atoms with Crippen LogP contribution in [0.4, 0.5) is 0 Å². The molecule has 0 bridgehead atoms. The highest BCUT2D eigenvalue weighted by atomic mass is 16.3. The molecule has 88 valence electrons. The average Bonchev–Trinajstić information content (AvgIpc) is 2.90. The van der Waals surface area contributed by atoms with Crippen LogP contribution in [0.1, 0.15) is 0 Å². The van der Waals surface area contributed by atoms with Gasteiger partial charge in [0.15, 0.2) is 5.82 Å². The van der Waals surface area contributed by atoms with E-state index in [-0.39, 0.29) is 5.75 Å². The van der Waals surface area contributed by atoms with Crippen molar-refractivity contribution >= 4 is 0 Å². The first-order chi connectivity index (χ1) is 8.84.